The van der Waals surface area contributed by atoms with Gasteiger partial charge in [-0.3, -0.25) is 9.97 Å². The Morgan fingerprint density at radius 1 is 0.417 bits per heavy atom. The van der Waals surface area contributed by atoms with Gasteiger partial charge in [0, 0.05) is 22.5 Å². The number of aromatic nitrogens is 4. The number of benzene rings is 8. The van der Waals surface area contributed by atoms with E-state index in [4.69, 9.17) is 14.7 Å². The maximum atomic E-state index is 6.69. The van der Waals surface area contributed by atoms with Crippen LogP contribution in [0.15, 0.2) is 146 Å². The number of fused-ring (bicyclic) bond motifs is 16. The Morgan fingerprint density at radius 3 is 1.25 bits per heavy atom. The summed E-state index contributed by atoms with van der Waals surface area (Å²) in [5.74, 6) is 1.19. The van der Waals surface area contributed by atoms with Crippen LogP contribution in [0.2, 0.25) is 0 Å². The van der Waals surface area contributed by atoms with Gasteiger partial charge in [0.2, 0.25) is 0 Å². The molecular formula is C54H36N4OPd. The molecule has 0 unspecified atom stereocenters. The second kappa shape index (κ2) is 13.6. The molecule has 0 radical (unpaired) electrons. The molecule has 4 aromatic heterocycles. The van der Waals surface area contributed by atoms with Crippen molar-refractivity contribution in [1.82, 2.24) is 18.8 Å². The molecule has 6 heteroatoms. The normalized spacial score (nSPS) is 11.9. The van der Waals surface area contributed by atoms with Gasteiger partial charge < -0.3 is 13.5 Å². The molecule has 60 heavy (non-hydrogen) atoms. The number of para-hydroxylation sites is 4. The Kier molecular flexibility index (Phi) is 8.22. The van der Waals surface area contributed by atoms with Crippen LogP contribution in [0.1, 0.15) is 22.3 Å². The van der Waals surface area contributed by atoms with Gasteiger partial charge in [-0.15, -0.1) is 12.1 Å². The number of rotatable bonds is 4. The zero-order valence-corrected chi connectivity index (χ0v) is 34.9. The SMILES string of the molecule is Cc1cccc(C)c1-c1ccc2c3ccc(Oc4[c-]c5c(cc4)c4ccc(-c6c(C)cccc6C)cc4n4c6ccccc6nc54)[c-]c3c3nc4ccccc4n3c2c1.[Pd+2]. The number of pyridine rings is 2. The smallest absolute Gasteiger partial charge is 0.497 e. The first-order valence-electron chi connectivity index (χ1n) is 20.1. The standard InChI is InChI=1S/C54H36N4O.Pd/c1-31-11-9-12-32(2)51(31)35-19-23-41-39-25-21-37(29-43(39)53-55-45-15-5-7-17-47(45)57(53)49(41)27-35)59-38-22-26-40-42-24-20-36(52-33(3)13-10-14-34(52)4)28-50(42)58-48-18-8-6-16-46(48)56-54(58)44(40)30-38;/h5-28H,1-4H3;/q-2;+2. The summed E-state index contributed by atoms with van der Waals surface area (Å²) in [6.45, 7) is 8.74. The van der Waals surface area contributed by atoms with Crippen LogP contribution in [0, 0.1) is 39.8 Å². The first-order valence-corrected chi connectivity index (χ1v) is 20.1. The van der Waals surface area contributed by atoms with E-state index >= 15 is 0 Å². The summed E-state index contributed by atoms with van der Waals surface area (Å²) in [5, 5.41) is 6.21. The maximum Gasteiger partial charge on any atom is 2.00 e. The van der Waals surface area contributed by atoms with Crippen LogP contribution in [0.5, 0.6) is 11.5 Å². The summed E-state index contributed by atoms with van der Waals surface area (Å²) in [4.78, 5) is 10.4. The van der Waals surface area contributed by atoms with Crippen molar-refractivity contribution in [2.45, 2.75) is 27.7 Å². The van der Waals surface area contributed by atoms with E-state index in [2.05, 4.69) is 170 Å². The zero-order chi connectivity index (χ0) is 39.5. The van der Waals surface area contributed by atoms with Crippen LogP contribution in [0.4, 0.5) is 0 Å². The third kappa shape index (κ3) is 5.35. The van der Waals surface area contributed by atoms with Crippen LogP contribution in [0.3, 0.4) is 0 Å². The van der Waals surface area contributed by atoms with E-state index in [1.807, 2.05) is 24.3 Å². The van der Waals surface area contributed by atoms with Gasteiger partial charge in [-0.1, -0.05) is 131 Å². The van der Waals surface area contributed by atoms with Gasteiger partial charge in [0.05, 0.1) is 33.4 Å². The van der Waals surface area contributed by atoms with Crippen molar-refractivity contribution in [1.29, 1.82) is 0 Å². The first-order chi connectivity index (χ1) is 28.9. The van der Waals surface area contributed by atoms with Gasteiger partial charge in [0.1, 0.15) is 0 Å². The van der Waals surface area contributed by atoms with E-state index in [1.165, 1.54) is 44.5 Å². The maximum absolute atomic E-state index is 6.69. The van der Waals surface area contributed by atoms with E-state index in [1.54, 1.807) is 0 Å². The van der Waals surface area contributed by atoms with Gasteiger partial charge in [0.25, 0.3) is 0 Å². The fraction of sp³-hybridized carbons (Fsp3) is 0.0741. The second-order valence-corrected chi connectivity index (χ2v) is 15.8. The number of hydrogen-bond donors (Lipinski definition) is 0. The second-order valence-electron chi connectivity index (χ2n) is 15.8. The van der Waals surface area contributed by atoms with E-state index in [0.717, 1.165) is 76.7 Å². The third-order valence-corrected chi connectivity index (χ3v) is 12.2. The van der Waals surface area contributed by atoms with Crippen molar-refractivity contribution >= 4 is 76.7 Å². The summed E-state index contributed by atoms with van der Waals surface area (Å²) in [5.41, 5.74) is 17.8. The van der Waals surface area contributed by atoms with Gasteiger partial charge in [-0.05, 0) is 119 Å². The van der Waals surface area contributed by atoms with Gasteiger partial charge >= 0.3 is 20.4 Å². The molecule has 0 saturated heterocycles. The molecule has 0 aliphatic rings. The molecule has 12 aromatic rings. The summed E-state index contributed by atoms with van der Waals surface area (Å²) < 4.78 is 11.2. The van der Waals surface area contributed by atoms with E-state index < -0.39 is 0 Å². The van der Waals surface area contributed by atoms with Crippen LogP contribution < -0.4 is 4.74 Å². The summed E-state index contributed by atoms with van der Waals surface area (Å²) in [6.07, 6.45) is 0. The molecule has 5 nitrogen and oxygen atoms in total. The van der Waals surface area contributed by atoms with Crippen molar-refractivity contribution in [3.63, 3.8) is 0 Å². The number of ether oxygens (including phenoxy) is 1. The average Bonchev–Trinajstić information content (AvgIpc) is 3.84. The van der Waals surface area contributed by atoms with Crippen molar-refractivity contribution in [3.8, 4) is 33.8 Å². The molecule has 0 atom stereocenters. The van der Waals surface area contributed by atoms with Gasteiger partial charge in [-0.25, -0.2) is 0 Å². The zero-order valence-electron chi connectivity index (χ0n) is 33.4. The number of imidazole rings is 2. The Balaban J connectivity index is 0.00000408. The Bertz CT molecular complexity index is 3480. The molecule has 4 heterocycles. The quantitative estimate of drug-likeness (QED) is 0.101. The topological polar surface area (TPSA) is 43.8 Å². The fourth-order valence-corrected chi connectivity index (χ4v) is 9.60. The molecule has 12 rings (SSSR count). The molecule has 0 bridgehead atoms. The summed E-state index contributed by atoms with van der Waals surface area (Å²) in [7, 11) is 0. The van der Waals surface area contributed by atoms with Crippen LogP contribution in [0.25, 0.3) is 99.0 Å². The predicted octanol–water partition coefficient (Wildman–Crippen LogP) is 13.9. The van der Waals surface area contributed by atoms with Crippen LogP contribution in [-0.2, 0) is 20.4 Å². The van der Waals surface area contributed by atoms with Crippen molar-refractivity contribution in [2.24, 2.45) is 0 Å². The van der Waals surface area contributed by atoms with Crippen molar-refractivity contribution in [2.75, 3.05) is 0 Å². The Hall–Kier alpha value is -6.84. The van der Waals surface area contributed by atoms with Gasteiger partial charge in [0.15, 0.2) is 0 Å². The summed E-state index contributed by atoms with van der Waals surface area (Å²) >= 11 is 0. The molecule has 0 N–H and O–H groups in total. The largest absolute Gasteiger partial charge is 2.00 e. The van der Waals surface area contributed by atoms with E-state index in [9.17, 15) is 0 Å². The van der Waals surface area contributed by atoms with Crippen LogP contribution in [-0.4, -0.2) is 18.8 Å². The minimum Gasteiger partial charge on any atom is -0.497 e. The molecule has 0 aliphatic carbocycles. The van der Waals surface area contributed by atoms with E-state index in [-0.39, 0.29) is 20.4 Å². The molecule has 0 spiro atoms. The molecule has 8 aromatic carbocycles. The van der Waals surface area contributed by atoms with Crippen molar-refractivity contribution < 1.29 is 25.2 Å². The van der Waals surface area contributed by atoms with Crippen LogP contribution >= 0.6 is 0 Å². The minimum absolute atomic E-state index is 0. The first kappa shape index (κ1) is 36.3. The number of aryl methyl sites for hydroxylation is 4. The third-order valence-electron chi connectivity index (χ3n) is 12.2. The predicted molar refractivity (Wildman–Crippen MR) is 243 cm³/mol. The van der Waals surface area contributed by atoms with E-state index in [0.29, 0.717) is 11.5 Å². The number of hydrogen-bond acceptors (Lipinski definition) is 3. The summed E-state index contributed by atoms with van der Waals surface area (Å²) in [6, 6.07) is 58.9. The molecule has 288 valence electrons. The fourth-order valence-electron chi connectivity index (χ4n) is 9.60. The molecule has 0 aliphatic heterocycles. The monoisotopic (exact) mass is 862 g/mol. The number of nitrogens with zero attached hydrogens (tertiary/aromatic N) is 4. The van der Waals surface area contributed by atoms with Gasteiger partial charge in [-0.2, -0.15) is 0 Å². The molecule has 0 saturated carbocycles. The Labute approximate surface area is 360 Å². The Morgan fingerprint density at radius 2 is 0.817 bits per heavy atom. The molecule has 0 fully saturated rings. The molecule has 0 amide bonds. The molecular weight excluding hydrogens is 827 g/mol. The van der Waals surface area contributed by atoms with Crippen molar-refractivity contribution in [3.05, 3.63) is 180 Å². The minimum atomic E-state index is 0. The average molecular weight is 863 g/mol.